The van der Waals surface area contributed by atoms with Gasteiger partial charge in [-0.2, -0.15) is 0 Å². The van der Waals surface area contributed by atoms with Gasteiger partial charge in [0.1, 0.15) is 6.49 Å². The summed E-state index contributed by atoms with van der Waals surface area (Å²) in [5.41, 5.74) is 0. The summed E-state index contributed by atoms with van der Waals surface area (Å²) in [7, 11) is 0. The minimum Gasteiger partial charge on any atom is -0.314 e. The predicted octanol–water partition coefficient (Wildman–Crippen LogP) is -0.253. The molecule has 0 aromatic carbocycles. The minimum absolute atomic E-state index is 1.11. The lowest BCUT2D eigenvalue weighted by molar-refractivity contribution is 0.372. The summed E-state index contributed by atoms with van der Waals surface area (Å²) >= 11 is 5.96. The Morgan fingerprint density at radius 1 is 0.786 bits per heavy atom. The van der Waals surface area contributed by atoms with Crippen LogP contribution >= 0.6 is 6.49 Å². The number of nitrogens with one attached hydrogen (secondary N) is 1. The van der Waals surface area contributed by atoms with E-state index in [0.717, 1.165) is 26.2 Å². The maximum Gasteiger partial charge on any atom is 0.145 e. The van der Waals surface area contributed by atoms with Gasteiger partial charge in [0.2, 0.25) is 0 Å². The molecule has 3 fully saturated rings. The van der Waals surface area contributed by atoms with Crippen LogP contribution in [0.3, 0.4) is 0 Å². The first-order valence-electron chi connectivity index (χ1n) is 5.39. The highest BCUT2D eigenvalue weighted by molar-refractivity contribution is 8.11. The van der Waals surface area contributed by atoms with Crippen molar-refractivity contribution in [3.63, 3.8) is 0 Å². The van der Waals surface area contributed by atoms with Gasteiger partial charge >= 0.3 is 0 Å². The Morgan fingerprint density at radius 2 is 1.21 bits per heavy atom. The maximum atomic E-state index is 5.96. The van der Waals surface area contributed by atoms with Gasteiger partial charge in [0.05, 0.1) is 0 Å². The van der Waals surface area contributed by atoms with Crippen molar-refractivity contribution in [1.82, 2.24) is 19.3 Å². The molecule has 14 heavy (non-hydrogen) atoms. The highest BCUT2D eigenvalue weighted by atomic mass is 32.4. The van der Waals surface area contributed by atoms with E-state index in [9.17, 15) is 0 Å². The fourth-order valence-corrected chi connectivity index (χ4v) is 7.32. The van der Waals surface area contributed by atoms with Crippen LogP contribution in [-0.2, 0) is 11.8 Å². The van der Waals surface area contributed by atoms with Crippen LogP contribution in [0.25, 0.3) is 0 Å². The monoisotopic (exact) mass is 232 g/mol. The Morgan fingerprint density at radius 3 is 1.71 bits per heavy atom. The second-order valence-electron chi connectivity index (χ2n) is 4.12. The fraction of sp³-hybridized carbons (Fsp3) is 1.00. The quantitative estimate of drug-likeness (QED) is 0.580. The van der Waals surface area contributed by atoms with E-state index in [-0.39, 0.29) is 0 Å². The smallest absolute Gasteiger partial charge is 0.145 e. The molecule has 3 saturated heterocycles. The Labute approximate surface area is 90.4 Å². The van der Waals surface area contributed by atoms with E-state index in [2.05, 4.69) is 19.3 Å². The number of rotatable bonds is 0. The third-order valence-corrected chi connectivity index (χ3v) is 8.92. The van der Waals surface area contributed by atoms with Gasteiger partial charge in [0.25, 0.3) is 0 Å². The summed E-state index contributed by atoms with van der Waals surface area (Å²) in [5.74, 6) is 0. The highest BCUT2D eigenvalue weighted by Gasteiger charge is 2.47. The number of nitrogens with zero attached hydrogens (tertiary/aromatic N) is 3. The van der Waals surface area contributed by atoms with Crippen LogP contribution in [0.4, 0.5) is 0 Å². The number of hydrogen-bond donors (Lipinski definition) is 1. The molecule has 0 atom stereocenters. The van der Waals surface area contributed by atoms with Crippen LogP contribution in [0.5, 0.6) is 0 Å². The van der Waals surface area contributed by atoms with E-state index in [1.165, 1.54) is 26.2 Å². The highest BCUT2D eigenvalue weighted by Crippen LogP contribution is 2.62. The van der Waals surface area contributed by atoms with Gasteiger partial charge in [-0.25, -0.2) is 14.0 Å². The first-order valence-corrected chi connectivity index (χ1v) is 8.05. The molecule has 3 heterocycles. The third-order valence-electron chi connectivity index (χ3n) is 3.43. The molecule has 0 radical (unpaired) electrons. The van der Waals surface area contributed by atoms with Crippen LogP contribution in [-0.4, -0.2) is 66.4 Å². The zero-order chi connectivity index (χ0) is 9.60. The van der Waals surface area contributed by atoms with Crippen molar-refractivity contribution in [2.24, 2.45) is 0 Å². The Balaban J connectivity index is 1.94. The van der Waals surface area contributed by atoms with Crippen LogP contribution in [0, 0.1) is 0 Å². The summed E-state index contributed by atoms with van der Waals surface area (Å²) in [4.78, 5) is 0. The van der Waals surface area contributed by atoms with Crippen molar-refractivity contribution >= 4 is 18.3 Å². The van der Waals surface area contributed by atoms with Crippen LogP contribution in [0.15, 0.2) is 0 Å². The minimum atomic E-state index is -1.42. The van der Waals surface area contributed by atoms with E-state index in [4.69, 9.17) is 11.8 Å². The molecular formula is C8H17N4PS. The molecule has 0 aliphatic carbocycles. The van der Waals surface area contributed by atoms with E-state index in [1.807, 2.05) is 0 Å². The summed E-state index contributed by atoms with van der Waals surface area (Å²) in [6.45, 7) is 7.87. The van der Waals surface area contributed by atoms with E-state index in [0.29, 0.717) is 0 Å². The first-order chi connectivity index (χ1) is 6.82. The normalized spacial score (nSPS) is 34.0. The standard InChI is InChI=1S/C8H17N4PS/c14-13-10-3-1-9-2-4-11(13)6-8-12(13)7-5-10/h9H,1-8H2. The van der Waals surface area contributed by atoms with E-state index < -0.39 is 6.49 Å². The van der Waals surface area contributed by atoms with Crippen molar-refractivity contribution in [2.45, 2.75) is 0 Å². The van der Waals surface area contributed by atoms with Crippen LogP contribution < -0.4 is 5.32 Å². The Bertz CT molecular complexity index is 263. The van der Waals surface area contributed by atoms with Crippen molar-refractivity contribution in [1.29, 1.82) is 0 Å². The van der Waals surface area contributed by atoms with Gasteiger partial charge in [-0.15, -0.1) is 0 Å². The molecule has 0 amide bonds. The van der Waals surface area contributed by atoms with Gasteiger partial charge in [-0.1, -0.05) is 0 Å². The molecule has 4 nitrogen and oxygen atoms in total. The second-order valence-corrected chi connectivity index (χ2v) is 8.32. The van der Waals surface area contributed by atoms with Gasteiger partial charge in [0.15, 0.2) is 0 Å². The van der Waals surface area contributed by atoms with Gasteiger partial charge < -0.3 is 5.32 Å². The summed E-state index contributed by atoms with van der Waals surface area (Å²) < 4.78 is 7.68. The molecule has 3 rings (SSSR count). The lowest BCUT2D eigenvalue weighted by Crippen LogP contribution is -2.40. The van der Waals surface area contributed by atoms with Crippen molar-refractivity contribution in [3.8, 4) is 0 Å². The zero-order valence-electron chi connectivity index (χ0n) is 8.35. The van der Waals surface area contributed by atoms with Gasteiger partial charge in [0, 0.05) is 52.4 Å². The summed E-state index contributed by atoms with van der Waals surface area (Å²) in [6, 6.07) is 0. The molecule has 0 saturated carbocycles. The van der Waals surface area contributed by atoms with E-state index >= 15 is 0 Å². The first kappa shape index (κ1) is 9.70. The molecule has 0 unspecified atom stereocenters. The van der Waals surface area contributed by atoms with Crippen molar-refractivity contribution in [2.75, 3.05) is 52.4 Å². The maximum absolute atomic E-state index is 5.96. The largest absolute Gasteiger partial charge is 0.314 e. The van der Waals surface area contributed by atoms with E-state index in [1.54, 1.807) is 0 Å². The van der Waals surface area contributed by atoms with Crippen LogP contribution in [0.2, 0.25) is 0 Å². The van der Waals surface area contributed by atoms with Gasteiger partial charge in [-0.05, 0) is 11.8 Å². The Kier molecular flexibility index (Phi) is 2.43. The average molecular weight is 232 g/mol. The predicted molar refractivity (Wildman–Crippen MR) is 61.9 cm³/mol. The Hall–Kier alpha value is 0.490. The molecule has 0 aromatic heterocycles. The number of hydrogen-bond acceptors (Lipinski definition) is 2. The third kappa shape index (κ3) is 1.24. The molecule has 0 bridgehead atoms. The molecule has 1 N–H and O–H groups in total. The van der Waals surface area contributed by atoms with Crippen LogP contribution in [0.1, 0.15) is 0 Å². The SMILES string of the molecule is S=P12N3CCNCCN1CCN2CC3. The zero-order valence-corrected chi connectivity index (χ0v) is 10.1. The summed E-state index contributed by atoms with van der Waals surface area (Å²) in [6.07, 6.45) is 0. The molecule has 80 valence electrons. The van der Waals surface area contributed by atoms with Gasteiger partial charge in [-0.3, -0.25) is 0 Å². The molecule has 0 spiro atoms. The molecular weight excluding hydrogens is 215 g/mol. The lowest BCUT2D eigenvalue weighted by Gasteiger charge is -2.37. The average Bonchev–Trinajstić information content (AvgIpc) is 2.57. The summed E-state index contributed by atoms with van der Waals surface area (Å²) in [5, 5.41) is 3.47. The van der Waals surface area contributed by atoms with Crippen molar-refractivity contribution in [3.05, 3.63) is 0 Å². The fourth-order valence-electron chi connectivity index (χ4n) is 2.66. The van der Waals surface area contributed by atoms with Crippen molar-refractivity contribution < 1.29 is 0 Å². The second kappa shape index (κ2) is 3.51. The molecule has 3 aliphatic heterocycles. The molecule has 0 aromatic rings. The molecule has 6 heteroatoms. The topological polar surface area (TPSA) is 21.8 Å². The lowest BCUT2D eigenvalue weighted by atomic mass is 10.4. The molecule has 3 aliphatic rings.